The van der Waals surface area contributed by atoms with Crippen LogP contribution in [0.1, 0.15) is 32.3 Å². The van der Waals surface area contributed by atoms with Gasteiger partial charge in [-0.2, -0.15) is 13.2 Å². The van der Waals surface area contributed by atoms with Gasteiger partial charge in [-0.25, -0.2) is 4.98 Å². The molecule has 0 aliphatic rings. The zero-order valence-corrected chi connectivity index (χ0v) is 18.1. The fourth-order valence-corrected chi connectivity index (χ4v) is 4.28. The predicted octanol–water partition coefficient (Wildman–Crippen LogP) is 7.02. The fraction of sp³-hybridized carbons (Fsp3) is 0.381. The lowest BCUT2D eigenvalue weighted by Gasteiger charge is -2.24. The van der Waals surface area contributed by atoms with Crippen molar-refractivity contribution in [1.29, 1.82) is 0 Å². The van der Waals surface area contributed by atoms with Crippen molar-refractivity contribution in [1.82, 2.24) is 9.38 Å². The number of halogens is 4. The molecule has 0 atom stereocenters. The lowest BCUT2D eigenvalue weighted by atomic mass is 10.00. The van der Waals surface area contributed by atoms with Crippen molar-refractivity contribution in [3.05, 3.63) is 47.1 Å². The van der Waals surface area contributed by atoms with Crippen LogP contribution in [0.5, 0.6) is 0 Å². The van der Waals surface area contributed by atoms with Crippen LogP contribution in [0, 0.1) is 0 Å². The van der Waals surface area contributed by atoms with E-state index in [9.17, 15) is 13.2 Å². The number of rotatable bonds is 7. The molecule has 3 rings (SSSR count). The molecular formula is C21H23ClF3N3S. The van der Waals surface area contributed by atoms with Crippen LogP contribution in [-0.2, 0) is 6.18 Å². The maximum atomic E-state index is 13.7. The Labute approximate surface area is 177 Å². The lowest BCUT2D eigenvalue weighted by molar-refractivity contribution is -0.137. The number of fused-ring (bicyclic) bond motifs is 1. The molecule has 0 spiro atoms. The molecule has 0 unspecified atom stereocenters. The molecule has 2 heterocycles. The van der Waals surface area contributed by atoms with Gasteiger partial charge < -0.3 is 4.90 Å². The van der Waals surface area contributed by atoms with Gasteiger partial charge in [-0.1, -0.05) is 31.5 Å². The molecule has 2 aromatic heterocycles. The zero-order valence-electron chi connectivity index (χ0n) is 16.6. The van der Waals surface area contributed by atoms with Gasteiger partial charge in [0.2, 0.25) is 0 Å². The summed E-state index contributed by atoms with van der Waals surface area (Å²) in [4.78, 5) is 6.97. The van der Waals surface area contributed by atoms with E-state index in [1.165, 1.54) is 23.9 Å². The maximum absolute atomic E-state index is 13.7. The summed E-state index contributed by atoms with van der Waals surface area (Å²) in [5.41, 5.74) is 0.268. The van der Waals surface area contributed by atoms with E-state index in [-0.39, 0.29) is 10.6 Å². The smallest absolute Gasteiger partial charge is 0.355 e. The highest BCUT2D eigenvalue weighted by molar-refractivity contribution is 7.98. The van der Waals surface area contributed by atoms with E-state index >= 15 is 0 Å². The van der Waals surface area contributed by atoms with Gasteiger partial charge in [0, 0.05) is 29.9 Å². The average Bonchev–Trinajstić information content (AvgIpc) is 3.06. The van der Waals surface area contributed by atoms with Gasteiger partial charge in [0.15, 0.2) is 0 Å². The first-order valence-electron chi connectivity index (χ1n) is 9.48. The molecule has 3 nitrogen and oxygen atoms in total. The van der Waals surface area contributed by atoms with Crippen molar-refractivity contribution in [3.8, 4) is 11.1 Å². The maximum Gasteiger partial charge on any atom is 0.417 e. The Hall–Kier alpha value is -1.86. The van der Waals surface area contributed by atoms with Crippen LogP contribution in [0.2, 0.25) is 5.02 Å². The predicted molar refractivity (Wildman–Crippen MR) is 115 cm³/mol. The molecule has 3 aromatic rings. The summed E-state index contributed by atoms with van der Waals surface area (Å²) >= 11 is 7.36. The summed E-state index contributed by atoms with van der Waals surface area (Å²) in [5.74, 6) is 0.931. The first-order valence-corrected chi connectivity index (χ1v) is 11.1. The number of hydrogen-bond acceptors (Lipinski definition) is 3. The number of anilines is 1. The summed E-state index contributed by atoms with van der Waals surface area (Å²) in [6.07, 6.45) is 1.22. The molecule has 0 aliphatic heterocycles. The quantitative estimate of drug-likeness (QED) is 0.367. The standard InChI is InChI=1S/C21H23ClF3N3S/c1-4-10-27(11-5-2)20-19(29-3)26-18-16(7-6-12-28(18)20)15-9-8-14(22)13-17(15)21(23,24)25/h6-9,12-13H,4-5,10-11H2,1-3H3. The highest BCUT2D eigenvalue weighted by Gasteiger charge is 2.34. The van der Waals surface area contributed by atoms with Gasteiger partial charge >= 0.3 is 6.18 Å². The Bertz CT molecular complexity index is 995. The van der Waals surface area contributed by atoms with Crippen LogP contribution in [0.4, 0.5) is 19.0 Å². The van der Waals surface area contributed by atoms with Crippen LogP contribution in [-0.4, -0.2) is 28.7 Å². The Morgan fingerprint density at radius 2 is 1.79 bits per heavy atom. The van der Waals surface area contributed by atoms with E-state index in [4.69, 9.17) is 16.6 Å². The monoisotopic (exact) mass is 441 g/mol. The average molecular weight is 442 g/mol. The molecule has 0 aliphatic carbocycles. The Morgan fingerprint density at radius 3 is 2.38 bits per heavy atom. The Morgan fingerprint density at radius 1 is 1.10 bits per heavy atom. The highest BCUT2D eigenvalue weighted by atomic mass is 35.5. The number of alkyl halides is 3. The first-order chi connectivity index (χ1) is 13.8. The number of thioether (sulfide) groups is 1. The van der Waals surface area contributed by atoms with Gasteiger partial charge in [0.1, 0.15) is 16.5 Å². The van der Waals surface area contributed by atoms with E-state index in [0.29, 0.717) is 11.2 Å². The second-order valence-corrected chi connectivity index (χ2v) is 7.97. The van der Waals surface area contributed by atoms with Crippen molar-refractivity contribution < 1.29 is 13.2 Å². The minimum atomic E-state index is -4.51. The zero-order chi connectivity index (χ0) is 21.2. The third-order valence-electron chi connectivity index (χ3n) is 4.65. The third-order valence-corrected chi connectivity index (χ3v) is 5.55. The van der Waals surface area contributed by atoms with Crippen LogP contribution >= 0.6 is 23.4 Å². The van der Waals surface area contributed by atoms with Crippen LogP contribution in [0.25, 0.3) is 16.8 Å². The van der Waals surface area contributed by atoms with E-state index < -0.39 is 11.7 Å². The van der Waals surface area contributed by atoms with E-state index in [0.717, 1.165) is 42.8 Å². The number of imidazole rings is 1. The number of hydrogen-bond donors (Lipinski definition) is 0. The number of aromatic nitrogens is 2. The molecule has 1 aromatic carbocycles. The molecule has 0 saturated heterocycles. The molecule has 29 heavy (non-hydrogen) atoms. The third kappa shape index (κ3) is 4.36. The summed E-state index contributed by atoms with van der Waals surface area (Å²) < 4.78 is 43.0. The summed E-state index contributed by atoms with van der Waals surface area (Å²) in [7, 11) is 0. The van der Waals surface area contributed by atoms with E-state index in [1.54, 1.807) is 12.1 Å². The summed E-state index contributed by atoms with van der Waals surface area (Å²) in [6.45, 7) is 5.93. The van der Waals surface area contributed by atoms with Gasteiger partial charge in [0.05, 0.1) is 5.56 Å². The first kappa shape index (κ1) is 21.8. The van der Waals surface area contributed by atoms with Crippen LogP contribution in [0.3, 0.4) is 0 Å². The van der Waals surface area contributed by atoms with Crippen molar-refractivity contribution >= 4 is 34.8 Å². The number of pyridine rings is 1. The van der Waals surface area contributed by atoms with Crippen molar-refractivity contribution in [2.24, 2.45) is 0 Å². The van der Waals surface area contributed by atoms with Crippen molar-refractivity contribution in [2.45, 2.75) is 37.9 Å². The number of nitrogens with zero attached hydrogens (tertiary/aromatic N) is 3. The summed E-state index contributed by atoms with van der Waals surface area (Å²) in [5, 5.41) is 0.862. The minimum Gasteiger partial charge on any atom is -0.355 e. The van der Waals surface area contributed by atoms with Gasteiger partial charge in [-0.05, 0) is 48.9 Å². The lowest BCUT2D eigenvalue weighted by Crippen LogP contribution is -2.26. The number of benzene rings is 1. The molecular weight excluding hydrogens is 419 g/mol. The molecule has 8 heteroatoms. The van der Waals surface area contributed by atoms with Crippen LogP contribution < -0.4 is 4.90 Å². The molecule has 0 N–H and O–H groups in total. The van der Waals surface area contributed by atoms with Gasteiger partial charge in [0.25, 0.3) is 0 Å². The van der Waals surface area contributed by atoms with Crippen molar-refractivity contribution in [2.75, 3.05) is 24.2 Å². The van der Waals surface area contributed by atoms with Gasteiger partial charge in [-0.15, -0.1) is 11.8 Å². The highest BCUT2D eigenvalue weighted by Crippen LogP contribution is 2.41. The molecule has 156 valence electrons. The molecule has 0 saturated carbocycles. The molecule has 0 bridgehead atoms. The van der Waals surface area contributed by atoms with E-state index in [2.05, 4.69) is 18.7 Å². The fourth-order valence-electron chi connectivity index (χ4n) is 3.52. The Kier molecular flexibility index (Phi) is 6.69. The second-order valence-electron chi connectivity index (χ2n) is 6.73. The summed E-state index contributed by atoms with van der Waals surface area (Å²) in [6, 6.07) is 7.32. The largest absolute Gasteiger partial charge is 0.417 e. The topological polar surface area (TPSA) is 20.5 Å². The van der Waals surface area contributed by atoms with Crippen LogP contribution in [0.15, 0.2) is 41.6 Å². The molecule has 0 radical (unpaired) electrons. The second kappa shape index (κ2) is 8.88. The molecule has 0 fully saturated rings. The molecule has 0 amide bonds. The SMILES string of the molecule is CCCN(CCC)c1c(SC)nc2c(-c3ccc(Cl)cc3C(F)(F)F)cccn12. The van der Waals surface area contributed by atoms with Gasteiger partial charge in [-0.3, -0.25) is 4.40 Å². The van der Waals surface area contributed by atoms with E-state index in [1.807, 2.05) is 16.9 Å². The minimum absolute atomic E-state index is 0.0546. The normalized spacial score (nSPS) is 12.0. The van der Waals surface area contributed by atoms with Crippen molar-refractivity contribution in [3.63, 3.8) is 0 Å². The Balaban J connectivity index is 2.28.